The number of benzene rings is 1. The van der Waals surface area contributed by atoms with Gasteiger partial charge in [0.05, 0.1) is 0 Å². The summed E-state index contributed by atoms with van der Waals surface area (Å²) in [5, 5.41) is 5.24. The Hall–Kier alpha value is -2.63. The number of hydrogen-bond donors (Lipinski definition) is 2. The number of anilines is 2. The number of esters is 1. The molecule has 0 aliphatic carbocycles. The lowest BCUT2D eigenvalue weighted by Gasteiger charge is -2.12. The van der Waals surface area contributed by atoms with Crippen LogP contribution in [0.15, 0.2) is 36.4 Å². The minimum atomic E-state index is -0.899. The molecule has 6 heteroatoms. The number of allylic oxidation sites excluding steroid dienone is 1. The number of ether oxygens (including phenoxy) is 1. The van der Waals surface area contributed by atoms with Gasteiger partial charge in [-0.2, -0.15) is 0 Å². The van der Waals surface area contributed by atoms with E-state index >= 15 is 0 Å². The van der Waals surface area contributed by atoms with Crippen LogP contribution in [0, 0.1) is 0 Å². The molecule has 0 spiro atoms. The maximum atomic E-state index is 11.8. The number of hydrogen-bond acceptors (Lipinski definition) is 4. The molecule has 0 radical (unpaired) electrons. The van der Waals surface area contributed by atoms with E-state index in [1.807, 2.05) is 0 Å². The zero-order chi connectivity index (χ0) is 15.8. The van der Waals surface area contributed by atoms with E-state index in [2.05, 4.69) is 10.6 Å². The first-order valence-corrected chi connectivity index (χ1v) is 6.44. The Labute approximate surface area is 123 Å². The zero-order valence-electron chi connectivity index (χ0n) is 12.2. The standard InChI is InChI=1S/C15H18N2O4/c1-4-5-14(19)21-10(2)15(20)17-13-8-6-12(7-9-13)16-11(3)18/h4-10H,1-3H3,(H,16,18)(H,17,20)/b5-4+/t10-/m1/s1. The molecule has 0 aliphatic rings. The Bertz CT molecular complexity index is 549. The van der Waals surface area contributed by atoms with Crippen molar-refractivity contribution in [1.82, 2.24) is 0 Å². The lowest BCUT2D eigenvalue weighted by molar-refractivity contribution is -0.148. The van der Waals surface area contributed by atoms with Gasteiger partial charge in [-0.05, 0) is 38.1 Å². The van der Waals surface area contributed by atoms with E-state index < -0.39 is 18.0 Å². The lowest BCUT2D eigenvalue weighted by atomic mass is 10.2. The van der Waals surface area contributed by atoms with Gasteiger partial charge in [0.2, 0.25) is 5.91 Å². The molecule has 21 heavy (non-hydrogen) atoms. The second kappa shape index (κ2) is 7.84. The summed E-state index contributed by atoms with van der Waals surface area (Å²) in [6.07, 6.45) is 1.88. The SMILES string of the molecule is C/C=C/C(=O)O[C@H](C)C(=O)Nc1ccc(NC(C)=O)cc1. The first-order valence-electron chi connectivity index (χ1n) is 6.44. The first-order chi connectivity index (χ1) is 9.92. The van der Waals surface area contributed by atoms with Crippen molar-refractivity contribution in [3.05, 3.63) is 36.4 Å². The number of nitrogens with one attached hydrogen (secondary N) is 2. The summed E-state index contributed by atoms with van der Waals surface area (Å²) in [6, 6.07) is 6.61. The molecule has 0 fully saturated rings. The van der Waals surface area contributed by atoms with Gasteiger partial charge < -0.3 is 15.4 Å². The van der Waals surface area contributed by atoms with E-state index in [1.165, 1.54) is 26.0 Å². The van der Waals surface area contributed by atoms with Gasteiger partial charge in [0.25, 0.3) is 5.91 Å². The Morgan fingerprint density at radius 3 is 2.10 bits per heavy atom. The summed E-state index contributed by atoms with van der Waals surface area (Å²) in [6.45, 7) is 4.58. The highest BCUT2D eigenvalue weighted by molar-refractivity contribution is 5.96. The van der Waals surface area contributed by atoms with Gasteiger partial charge in [0.1, 0.15) is 0 Å². The number of rotatable bonds is 5. The summed E-state index contributed by atoms with van der Waals surface area (Å²) >= 11 is 0. The van der Waals surface area contributed by atoms with Crippen LogP contribution in [-0.4, -0.2) is 23.9 Å². The Morgan fingerprint density at radius 2 is 1.62 bits per heavy atom. The summed E-state index contributed by atoms with van der Waals surface area (Å²) < 4.78 is 4.91. The smallest absolute Gasteiger partial charge is 0.331 e. The molecule has 2 N–H and O–H groups in total. The molecule has 1 rings (SSSR count). The molecule has 112 valence electrons. The van der Waals surface area contributed by atoms with Gasteiger partial charge in [-0.25, -0.2) is 4.79 Å². The molecule has 0 aliphatic heterocycles. The van der Waals surface area contributed by atoms with E-state index in [0.717, 1.165) is 0 Å². The number of carbonyl (C=O) groups excluding carboxylic acids is 3. The predicted octanol–water partition coefficient (Wildman–Crippen LogP) is 2.09. The Morgan fingerprint density at radius 1 is 1.10 bits per heavy atom. The van der Waals surface area contributed by atoms with Crippen LogP contribution >= 0.6 is 0 Å². The molecule has 0 saturated heterocycles. The average Bonchev–Trinajstić information content (AvgIpc) is 2.40. The fourth-order valence-electron chi connectivity index (χ4n) is 1.49. The van der Waals surface area contributed by atoms with Crippen LogP contribution in [0.5, 0.6) is 0 Å². The minimum absolute atomic E-state index is 0.170. The van der Waals surface area contributed by atoms with Crippen LogP contribution in [0.4, 0.5) is 11.4 Å². The molecule has 2 amide bonds. The van der Waals surface area contributed by atoms with Crippen molar-refractivity contribution in [2.75, 3.05) is 10.6 Å². The highest BCUT2D eigenvalue weighted by Gasteiger charge is 2.16. The molecule has 0 heterocycles. The van der Waals surface area contributed by atoms with Crippen LogP contribution in [-0.2, 0) is 19.1 Å². The van der Waals surface area contributed by atoms with Crippen molar-refractivity contribution in [3.8, 4) is 0 Å². The average molecular weight is 290 g/mol. The van der Waals surface area contributed by atoms with Crippen molar-refractivity contribution >= 4 is 29.2 Å². The lowest BCUT2D eigenvalue weighted by Crippen LogP contribution is -2.29. The minimum Gasteiger partial charge on any atom is -0.449 e. The van der Waals surface area contributed by atoms with E-state index in [0.29, 0.717) is 11.4 Å². The van der Waals surface area contributed by atoms with E-state index in [9.17, 15) is 14.4 Å². The van der Waals surface area contributed by atoms with Crippen molar-refractivity contribution in [2.45, 2.75) is 26.9 Å². The molecule has 0 saturated carbocycles. The maximum Gasteiger partial charge on any atom is 0.331 e. The van der Waals surface area contributed by atoms with Gasteiger partial charge in [-0.15, -0.1) is 0 Å². The number of amides is 2. The normalized spacial score (nSPS) is 11.8. The maximum absolute atomic E-state index is 11.8. The van der Waals surface area contributed by atoms with Crippen LogP contribution in [0.2, 0.25) is 0 Å². The molecule has 0 bridgehead atoms. The summed E-state index contributed by atoms with van der Waals surface area (Å²) in [7, 11) is 0. The molecule has 6 nitrogen and oxygen atoms in total. The van der Waals surface area contributed by atoms with Gasteiger partial charge in [0, 0.05) is 24.4 Å². The van der Waals surface area contributed by atoms with Crippen LogP contribution in [0.25, 0.3) is 0 Å². The fraction of sp³-hybridized carbons (Fsp3) is 0.267. The van der Waals surface area contributed by atoms with E-state index in [4.69, 9.17) is 4.74 Å². The highest BCUT2D eigenvalue weighted by atomic mass is 16.5. The van der Waals surface area contributed by atoms with Gasteiger partial charge in [-0.3, -0.25) is 9.59 Å². The number of carbonyl (C=O) groups is 3. The van der Waals surface area contributed by atoms with Crippen LogP contribution in [0.1, 0.15) is 20.8 Å². The molecule has 0 unspecified atom stereocenters. The van der Waals surface area contributed by atoms with Crippen molar-refractivity contribution in [3.63, 3.8) is 0 Å². The quantitative estimate of drug-likeness (QED) is 0.642. The third kappa shape index (κ3) is 5.90. The fourth-order valence-corrected chi connectivity index (χ4v) is 1.49. The Kier molecular flexibility index (Phi) is 6.13. The topological polar surface area (TPSA) is 84.5 Å². The molecule has 0 aromatic heterocycles. The van der Waals surface area contributed by atoms with Crippen LogP contribution < -0.4 is 10.6 Å². The monoisotopic (exact) mass is 290 g/mol. The molecule has 1 aromatic rings. The van der Waals surface area contributed by atoms with Gasteiger partial charge in [-0.1, -0.05) is 6.08 Å². The molecular formula is C15H18N2O4. The van der Waals surface area contributed by atoms with Crippen molar-refractivity contribution in [1.29, 1.82) is 0 Å². The second-order valence-corrected chi connectivity index (χ2v) is 4.33. The van der Waals surface area contributed by atoms with E-state index in [-0.39, 0.29) is 5.91 Å². The summed E-state index contributed by atoms with van der Waals surface area (Å²) in [4.78, 5) is 33.9. The second-order valence-electron chi connectivity index (χ2n) is 4.33. The third-order valence-electron chi connectivity index (χ3n) is 2.44. The van der Waals surface area contributed by atoms with Gasteiger partial charge >= 0.3 is 5.97 Å². The third-order valence-corrected chi connectivity index (χ3v) is 2.44. The largest absolute Gasteiger partial charge is 0.449 e. The summed E-state index contributed by atoms with van der Waals surface area (Å²) in [5.74, 6) is -1.17. The molecule has 1 atom stereocenters. The van der Waals surface area contributed by atoms with Crippen molar-refractivity contribution < 1.29 is 19.1 Å². The first kappa shape index (κ1) is 16.4. The molecule has 1 aromatic carbocycles. The predicted molar refractivity (Wildman–Crippen MR) is 79.7 cm³/mol. The van der Waals surface area contributed by atoms with Crippen molar-refractivity contribution in [2.24, 2.45) is 0 Å². The van der Waals surface area contributed by atoms with Crippen LogP contribution in [0.3, 0.4) is 0 Å². The zero-order valence-corrected chi connectivity index (χ0v) is 12.2. The Balaban J connectivity index is 2.57. The van der Waals surface area contributed by atoms with E-state index in [1.54, 1.807) is 31.2 Å². The highest BCUT2D eigenvalue weighted by Crippen LogP contribution is 2.14. The summed E-state index contributed by atoms with van der Waals surface area (Å²) in [5.41, 5.74) is 1.18. The molecular weight excluding hydrogens is 272 g/mol. The van der Waals surface area contributed by atoms with Gasteiger partial charge in [0.15, 0.2) is 6.10 Å².